The lowest BCUT2D eigenvalue weighted by Gasteiger charge is -2.29. The minimum Gasteiger partial charge on any atom is -0.480 e. The van der Waals surface area contributed by atoms with Gasteiger partial charge in [-0.15, -0.1) is 0 Å². The number of morpholine rings is 1. The van der Waals surface area contributed by atoms with Crippen molar-refractivity contribution in [3.05, 3.63) is 0 Å². The van der Waals surface area contributed by atoms with Gasteiger partial charge < -0.3 is 19.9 Å². The van der Waals surface area contributed by atoms with Crippen molar-refractivity contribution in [3.63, 3.8) is 0 Å². The number of amides is 1. The molecule has 1 rings (SSSR count). The Bertz CT molecular complexity index is 321. The van der Waals surface area contributed by atoms with Crippen molar-refractivity contribution in [1.82, 2.24) is 10.2 Å². The quantitative estimate of drug-likeness (QED) is 0.766. The monoisotopic (exact) mass is 274 g/mol. The lowest BCUT2D eigenvalue weighted by molar-refractivity contribution is -0.140. The summed E-state index contributed by atoms with van der Waals surface area (Å²) in [5.41, 5.74) is -0.647. The van der Waals surface area contributed by atoms with E-state index in [1.165, 1.54) is 0 Å². The predicted molar refractivity (Wildman–Crippen MR) is 68.1 cm³/mol. The third kappa shape index (κ3) is 6.40. The van der Waals surface area contributed by atoms with Crippen molar-refractivity contribution in [2.45, 2.75) is 32.4 Å². The van der Waals surface area contributed by atoms with Gasteiger partial charge in [-0.05, 0) is 20.8 Å². The number of nitrogens with zero attached hydrogens (tertiary/aromatic N) is 1. The molecule has 1 aliphatic rings. The molecule has 0 spiro atoms. The number of aliphatic carboxylic acids is 1. The molecule has 1 atom stereocenters. The van der Waals surface area contributed by atoms with Gasteiger partial charge in [0.1, 0.15) is 11.6 Å². The molecule has 7 heteroatoms. The highest BCUT2D eigenvalue weighted by Gasteiger charge is 2.26. The highest BCUT2D eigenvalue weighted by molar-refractivity contribution is 5.80. The fourth-order valence-corrected chi connectivity index (χ4v) is 1.68. The molecule has 0 aromatic rings. The Morgan fingerprint density at radius 1 is 1.37 bits per heavy atom. The Kier molecular flexibility index (Phi) is 5.56. The first-order chi connectivity index (χ1) is 8.78. The summed E-state index contributed by atoms with van der Waals surface area (Å²) in [6.07, 6.45) is -0.715. The first kappa shape index (κ1) is 15.7. The number of carbonyl (C=O) groups is 2. The van der Waals surface area contributed by atoms with Crippen LogP contribution in [0, 0.1) is 0 Å². The normalized spacial score (nSPS) is 18.7. The molecule has 0 bridgehead atoms. The van der Waals surface area contributed by atoms with E-state index in [9.17, 15) is 9.59 Å². The first-order valence-electron chi connectivity index (χ1n) is 6.30. The number of rotatable bonds is 4. The second-order valence-corrected chi connectivity index (χ2v) is 5.45. The van der Waals surface area contributed by atoms with Gasteiger partial charge >= 0.3 is 12.1 Å². The van der Waals surface area contributed by atoms with E-state index in [1.54, 1.807) is 20.8 Å². The van der Waals surface area contributed by atoms with E-state index in [-0.39, 0.29) is 6.54 Å². The topological polar surface area (TPSA) is 88.1 Å². The molecule has 1 fully saturated rings. The fourth-order valence-electron chi connectivity index (χ4n) is 1.68. The van der Waals surface area contributed by atoms with E-state index < -0.39 is 23.7 Å². The molecule has 19 heavy (non-hydrogen) atoms. The van der Waals surface area contributed by atoms with Gasteiger partial charge in [0.2, 0.25) is 0 Å². The van der Waals surface area contributed by atoms with E-state index in [4.69, 9.17) is 14.6 Å². The molecule has 1 saturated heterocycles. The molecule has 0 aliphatic carbocycles. The molecular formula is C12H22N2O5. The van der Waals surface area contributed by atoms with Crippen LogP contribution in [0.25, 0.3) is 0 Å². The van der Waals surface area contributed by atoms with Gasteiger partial charge in [0.05, 0.1) is 13.2 Å². The summed E-state index contributed by atoms with van der Waals surface area (Å²) in [6, 6.07) is -0.979. The summed E-state index contributed by atoms with van der Waals surface area (Å²) in [4.78, 5) is 24.7. The molecular weight excluding hydrogens is 252 g/mol. The number of nitrogens with one attached hydrogen (secondary N) is 1. The Hall–Kier alpha value is -1.34. The van der Waals surface area contributed by atoms with Crippen LogP contribution in [0.3, 0.4) is 0 Å². The molecule has 0 radical (unpaired) electrons. The van der Waals surface area contributed by atoms with Crippen molar-refractivity contribution in [2.24, 2.45) is 0 Å². The smallest absolute Gasteiger partial charge is 0.408 e. The average molecular weight is 274 g/mol. The van der Waals surface area contributed by atoms with Crippen LogP contribution in [0.2, 0.25) is 0 Å². The molecule has 1 amide bonds. The van der Waals surface area contributed by atoms with Crippen molar-refractivity contribution in [3.8, 4) is 0 Å². The Balaban J connectivity index is 2.48. The van der Waals surface area contributed by atoms with E-state index >= 15 is 0 Å². The highest BCUT2D eigenvalue weighted by Crippen LogP contribution is 2.07. The lowest BCUT2D eigenvalue weighted by Crippen LogP contribution is -2.51. The number of ether oxygens (including phenoxy) is 2. The van der Waals surface area contributed by atoms with E-state index in [0.717, 1.165) is 0 Å². The van der Waals surface area contributed by atoms with Gasteiger partial charge in [-0.25, -0.2) is 9.59 Å². The van der Waals surface area contributed by atoms with Gasteiger partial charge in [0.25, 0.3) is 0 Å². The van der Waals surface area contributed by atoms with Crippen LogP contribution in [0.1, 0.15) is 20.8 Å². The summed E-state index contributed by atoms with van der Waals surface area (Å²) >= 11 is 0. The van der Waals surface area contributed by atoms with Crippen molar-refractivity contribution >= 4 is 12.1 Å². The van der Waals surface area contributed by atoms with Crippen LogP contribution >= 0.6 is 0 Å². The number of alkyl carbamates (subject to hydrolysis) is 1. The molecule has 110 valence electrons. The molecule has 7 nitrogen and oxygen atoms in total. The van der Waals surface area contributed by atoms with Crippen LogP contribution in [-0.4, -0.2) is 66.6 Å². The van der Waals surface area contributed by atoms with Gasteiger partial charge in [-0.1, -0.05) is 0 Å². The average Bonchev–Trinajstić information content (AvgIpc) is 2.26. The molecule has 2 N–H and O–H groups in total. The number of hydrogen-bond donors (Lipinski definition) is 2. The zero-order chi connectivity index (χ0) is 14.5. The molecule has 1 heterocycles. The summed E-state index contributed by atoms with van der Waals surface area (Å²) in [5, 5.41) is 11.5. The second kappa shape index (κ2) is 6.72. The van der Waals surface area contributed by atoms with Crippen molar-refractivity contribution in [2.75, 3.05) is 32.8 Å². The standard InChI is InChI=1S/C12H22N2O5/c1-12(2,3)19-11(17)13-9(10(15)16)8-14-4-6-18-7-5-14/h9H,4-8H2,1-3H3,(H,13,17)(H,15,16)/t9-/m1/s1. The van der Waals surface area contributed by atoms with Gasteiger partial charge in [0.15, 0.2) is 0 Å². The third-order valence-corrected chi connectivity index (χ3v) is 2.53. The molecule has 1 aliphatic heterocycles. The third-order valence-electron chi connectivity index (χ3n) is 2.53. The largest absolute Gasteiger partial charge is 0.480 e. The molecule has 0 aromatic carbocycles. The summed E-state index contributed by atoms with van der Waals surface area (Å²) in [5.74, 6) is -1.07. The van der Waals surface area contributed by atoms with Crippen LogP contribution < -0.4 is 5.32 Å². The first-order valence-corrected chi connectivity index (χ1v) is 6.30. The molecule has 0 aromatic heterocycles. The summed E-state index contributed by atoms with van der Waals surface area (Å²) < 4.78 is 10.2. The zero-order valence-corrected chi connectivity index (χ0v) is 11.6. The Labute approximate surface area is 112 Å². The maximum Gasteiger partial charge on any atom is 0.408 e. The number of carbonyl (C=O) groups excluding carboxylic acids is 1. The van der Waals surface area contributed by atoms with Gasteiger partial charge in [-0.2, -0.15) is 0 Å². The van der Waals surface area contributed by atoms with Gasteiger partial charge in [0, 0.05) is 19.6 Å². The van der Waals surface area contributed by atoms with E-state index in [2.05, 4.69) is 5.32 Å². The zero-order valence-electron chi connectivity index (χ0n) is 11.6. The maximum atomic E-state index is 11.6. The van der Waals surface area contributed by atoms with Crippen molar-refractivity contribution in [1.29, 1.82) is 0 Å². The Morgan fingerprint density at radius 3 is 2.42 bits per heavy atom. The van der Waals surface area contributed by atoms with Crippen LogP contribution in [0.5, 0.6) is 0 Å². The highest BCUT2D eigenvalue weighted by atomic mass is 16.6. The lowest BCUT2D eigenvalue weighted by atomic mass is 10.2. The summed E-state index contributed by atoms with van der Waals surface area (Å²) in [7, 11) is 0. The van der Waals surface area contributed by atoms with E-state index in [1.807, 2.05) is 4.90 Å². The number of carboxylic acid groups (broad SMARTS) is 1. The Morgan fingerprint density at radius 2 is 1.95 bits per heavy atom. The van der Waals surface area contributed by atoms with Crippen LogP contribution in [-0.2, 0) is 14.3 Å². The van der Waals surface area contributed by atoms with Crippen LogP contribution in [0.15, 0.2) is 0 Å². The summed E-state index contributed by atoms with van der Waals surface area (Å²) in [6.45, 7) is 7.92. The van der Waals surface area contributed by atoms with Crippen molar-refractivity contribution < 1.29 is 24.2 Å². The second-order valence-electron chi connectivity index (χ2n) is 5.45. The number of carboxylic acids is 1. The predicted octanol–water partition coefficient (Wildman–Crippen LogP) is 0.297. The maximum absolute atomic E-state index is 11.6. The minimum absolute atomic E-state index is 0.248. The number of hydrogen-bond acceptors (Lipinski definition) is 5. The fraction of sp³-hybridized carbons (Fsp3) is 0.833. The van der Waals surface area contributed by atoms with E-state index in [0.29, 0.717) is 26.3 Å². The van der Waals surface area contributed by atoms with Gasteiger partial charge in [-0.3, -0.25) is 4.90 Å². The van der Waals surface area contributed by atoms with Crippen LogP contribution in [0.4, 0.5) is 4.79 Å². The molecule has 0 saturated carbocycles. The SMILES string of the molecule is CC(C)(C)OC(=O)N[C@H](CN1CCOCC1)C(=O)O. The minimum atomic E-state index is -1.07. The molecule has 0 unspecified atom stereocenters.